The van der Waals surface area contributed by atoms with Gasteiger partial charge in [-0.2, -0.15) is 27.1 Å². The van der Waals surface area contributed by atoms with Crippen LogP contribution in [-0.2, 0) is 20.2 Å². The second-order valence-corrected chi connectivity index (χ2v) is 15.4. The SMILES string of the molecule is Cc1cc(N=Nc2ccc(-c3ccc(N=Nc4c(S(=O)(=O)O)cc5cc(S(=O)(=O)O)c(N=Nc6cc(Cl)ccc6Cl)c(N)c5c4O)cc3)cc2)c(N)cc1N.[Na+]. The average molecular weight is 844 g/mol. The predicted molar refractivity (Wildman–Crippen MR) is 211 cm³/mol. The number of halogens is 2. The number of aromatic hydroxyl groups is 1. The molecule has 0 unspecified atom stereocenters. The topological polar surface area (TPSA) is 281 Å². The summed E-state index contributed by atoms with van der Waals surface area (Å²) in [6.45, 7) is 1.84. The van der Waals surface area contributed by atoms with E-state index in [1.54, 1.807) is 48.5 Å². The van der Waals surface area contributed by atoms with E-state index < -0.39 is 52.8 Å². The molecular weight excluding hydrogens is 816 g/mol. The van der Waals surface area contributed by atoms with Crippen molar-refractivity contribution in [3.8, 4) is 16.9 Å². The third-order valence-corrected chi connectivity index (χ3v) is 10.3. The Kier molecular flexibility index (Phi) is 12.5. The Morgan fingerprint density at radius 1 is 0.589 bits per heavy atom. The molecule has 0 aliphatic carbocycles. The first-order chi connectivity index (χ1) is 25.9. The van der Waals surface area contributed by atoms with Gasteiger partial charge in [0.2, 0.25) is 0 Å². The van der Waals surface area contributed by atoms with Crippen molar-refractivity contribution in [1.29, 1.82) is 0 Å². The molecule has 9 N–H and O–H groups in total. The summed E-state index contributed by atoms with van der Waals surface area (Å²) >= 11 is 12.1. The number of anilines is 3. The van der Waals surface area contributed by atoms with Crippen LogP contribution in [0.5, 0.6) is 5.75 Å². The Balaban J connectivity index is 0.00000600. The van der Waals surface area contributed by atoms with Crippen LogP contribution >= 0.6 is 23.2 Å². The molecule has 6 rings (SSSR count). The monoisotopic (exact) mass is 842 g/mol. The van der Waals surface area contributed by atoms with Crippen molar-refractivity contribution < 1.29 is 60.6 Å². The van der Waals surface area contributed by atoms with E-state index >= 15 is 0 Å². The van der Waals surface area contributed by atoms with Crippen molar-refractivity contribution >= 4 is 105 Å². The van der Waals surface area contributed by atoms with Gasteiger partial charge in [0.15, 0.2) is 5.75 Å². The van der Waals surface area contributed by atoms with E-state index in [4.69, 9.17) is 40.4 Å². The maximum absolute atomic E-state index is 12.5. The van der Waals surface area contributed by atoms with Crippen LogP contribution in [0.15, 0.2) is 131 Å². The molecule has 0 saturated carbocycles. The number of nitrogens with two attached hydrogens (primary N) is 3. The van der Waals surface area contributed by atoms with E-state index in [1.807, 2.05) is 19.1 Å². The van der Waals surface area contributed by atoms with Gasteiger partial charge in [0.05, 0.1) is 33.2 Å². The van der Waals surface area contributed by atoms with Crippen molar-refractivity contribution in [2.24, 2.45) is 30.7 Å². The van der Waals surface area contributed by atoms with Crippen LogP contribution < -0.4 is 46.8 Å². The van der Waals surface area contributed by atoms with Crippen LogP contribution in [0.25, 0.3) is 21.9 Å². The Labute approximate surface area is 351 Å². The van der Waals surface area contributed by atoms with E-state index in [1.165, 1.54) is 18.2 Å². The Bertz CT molecular complexity index is 2840. The normalized spacial score (nSPS) is 12.2. The Morgan fingerprint density at radius 2 is 1.09 bits per heavy atom. The molecule has 56 heavy (non-hydrogen) atoms. The van der Waals surface area contributed by atoms with Gasteiger partial charge in [0.1, 0.15) is 32.5 Å². The maximum Gasteiger partial charge on any atom is 1.00 e. The first-order valence-corrected chi connectivity index (χ1v) is 19.2. The van der Waals surface area contributed by atoms with Crippen molar-refractivity contribution in [2.75, 3.05) is 17.2 Å². The molecule has 0 bridgehead atoms. The number of azo groups is 3. The minimum atomic E-state index is -5.11. The number of benzene rings is 6. The number of fused-ring (bicyclic) bond motifs is 1. The summed E-state index contributed by atoms with van der Waals surface area (Å²) < 4.78 is 69.7. The number of nitrogen functional groups attached to an aromatic ring is 3. The Hall–Kier alpha value is -5.02. The summed E-state index contributed by atoms with van der Waals surface area (Å²) in [6.07, 6.45) is 0. The van der Waals surface area contributed by atoms with Gasteiger partial charge in [-0.05, 0) is 95.7 Å². The zero-order chi connectivity index (χ0) is 39.8. The molecule has 280 valence electrons. The molecule has 0 heterocycles. The largest absolute Gasteiger partial charge is 1.00 e. The van der Waals surface area contributed by atoms with E-state index in [9.17, 15) is 31.0 Å². The van der Waals surface area contributed by atoms with Crippen LogP contribution in [0.4, 0.5) is 51.2 Å². The molecule has 0 fully saturated rings. The summed E-state index contributed by atoms with van der Waals surface area (Å²) in [5.74, 6) is -0.909. The van der Waals surface area contributed by atoms with Gasteiger partial charge in [-0.15, -0.1) is 20.5 Å². The van der Waals surface area contributed by atoms with Gasteiger partial charge in [0, 0.05) is 10.7 Å². The number of phenols is 1. The van der Waals surface area contributed by atoms with E-state index in [0.29, 0.717) is 22.7 Å². The second kappa shape index (κ2) is 16.6. The zero-order valence-corrected chi connectivity index (χ0v) is 34.3. The quantitative estimate of drug-likeness (QED) is 0.0365. The molecule has 6 aromatic carbocycles. The molecule has 0 aliphatic rings. The van der Waals surface area contributed by atoms with Gasteiger partial charge in [-0.25, -0.2) is 0 Å². The van der Waals surface area contributed by atoms with E-state index in [2.05, 4.69) is 30.7 Å². The number of nitrogens with zero attached hydrogens (tertiary/aromatic N) is 6. The van der Waals surface area contributed by atoms with Crippen LogP contribution in [0.1, 0.15) is 5.56 Å². The molecule has 0 amide bonds. The molecule has 0 saturated heterocycles. The summed E-state index contributed by atoms with van der Waals surface area (Å²) in [5.41, 5.74) is 20.9. The fraction of sp³-hybridized carbons (Fsp3) is 0.0286. The Morgan fingerprint density at radius 3 is 1.64 bits per heavy atom. The minimum absolute atomic E-state index is 0. The van der Waals surface area contributed by atoms with Crippen LogP contribution in [0, 0.1) is 6.92 Å². The first kappa shape index (κ1) is 42.1. The van der Waals surface area contributed by atoms with Gasteiger partial charge >= 0.3 is 29.6 Å². The van der Waals surface area contributed by atoms with Crippen LogP contribution in [-0.4, -0.2) is 31.0 Å². The van der Waals surface area contributed by atoms with Crippen LogP contribution in [0.2, 0.25) is 10.0 Å². The number of aryl methyl sites for hydroxylation is 1. The molecule has 21 heteroatoms. The predicted octanol–water partition coefficient (Wildman–Crippen LogP) is 7.32. The van der Waals surface area contributed by atoms with Crippen molar-refractivity contribution in [3.63, 3.8) is 0 Å². The zero-order valence-electron chi connectivity index (χ0n) is 29.1. The van der Waals surface area contributed by atoms with E-state index in [0.717, 1.165) is 28.8 Å². The maximum atomic E-state index is 12.5. The molecule has 6 aromatic rings. The summed E-state index contributed by atoms with van der Waals surface area (Å²) in [7, 11) is -10.2. The summed E-state index contributed by atoms with van der Waals surface area (Å²) in [5, 5.41) is 35.2. The van der Waals surface area contributed by atoms with Gasteiger partial charge in [-0.1, -0.05) is 47.5 Å². The molecule has 0 atom stereocenters. The molecule has 0 spiro atoms. The van der Waals surface area contributed by atoms with Crippen molar-refractivity contribution in [2.45, 2.75) is 16.7 Å². The van der Waals surface area contributed by atoms with Crippen molar-refractivity contribution in [3.05, 3.63) is 107 Å². The minimum Gasteiger partial charge on any atom is -0.505 e. The van der Waals surface area contributed by atoms with E-state index in [-0.39, 0.29) is 61.7 Å². The fourth-order valence-electron chi connectivity index (χ4n) is 5.24. The van der Waals surface area contributed by atoms with Crippen molar-refractivity contribution in [1.82, 2.24) is 0 Å². The number of hydrogen-bond donors (Lipinski definition) is 6. The van der Waals surface area contributed by atoms with Gasteiger partial charge < -0.3 is 22.3 Å². The van der Waals surface area contributed by atoms with Gasteiger partial charge in [0.25, 0.3) is 20.2 Å². The summed E-state index contributed by atoms with van der Waals surface area (Å²) in [6, 6.07) is 22.9. The number of hydrogen-bond acceptors (Lipinski definition) is 14. The molecule has 16 nitrogen and oxygen atoms in total. The molecule has 0 aromatic heterocycles. The smallest absolute Gasteiger partial charge is 0.505 e. The second-order valence-electron chi connectivity index (χ2n) is 11.8. The third kappa shape index (κ3) is 9.15. The number of phenolic OH excluding ortho intramolecular Hbond substituents is 1. The molecular formula is C35H27Cl2N9NaO7S2+. The molecule has 0 radical (unpaired) electrons. The molecule has 0 aliphatic heterocycles. The first-order valence-electron chi connectivity index (χ1n) is 15.5. The summed E-state index contributed by atoms with van der Waals surface area (Å²) in [4.78, 5) is -1.84. The van der Waals surface area contributed by atoms with Gasteiger partial charge in [-0.3, -0.25) is 9.11 Å². The standard InChI is InChI=1S/C35H27Cl2N9O7S2.Na/c1-17-12-28(26(39)16-25(17)38)44-41-22-7-2-18(3-8-22)19-4-9-23(10-5-19)42-46-34-30(55(51,52)53)14-20-13-29(54(48,49)50)33(32(40)31(20)35(34)47)45-43-27-15-21(36)6-11-24(27)37;/h2-16,47H,38-40H2,1H3,(H,48,49,50)(H,51,52,53);/q;+1. The third-order valence-electron chi connectivity index (χ3n) is 8.06. The average Bonchev–Trinajstić information content (AvgIpc) is 3.12. The fourth-order valence-corrected chi connectivity index (χ4v) is 6.90. The van der Waals surface area contributed by atoms with Crippen LogP contribution in [0.3, 0.4) is 0 Å². The number of rotatable bonds is 9.